The lowest BCUT2D eigenvalue weighted by Gasteiger charge is -2.08. The van der Waals surface area contributed by atoms with Crippen LogP contribution in [-0.4, -0.2) is 7.11 Å². The van der Waals surface area contributed by atoms with Crippen molar-refractivity contribution >= 4 is 0 Å². The van der Waals surface area contributed by atoms with E-state index < -0.39 is 0 Å². The van der Waals surface area contributed by atoms with E-state index in [1.54, 1.807) is 7.11 Å². The van der Waals surface area contributed by atoms with Crippen LogP contribution in [0.25, 0.3) is 0 Å². The van der Waals surface area contributed by atoms with Crippen LogP contribution in [-0.2, 0) is 0 Å². The maximum Gasteiger partial charge on any atom is 0.123 e. The van der Waals surface area contributed by atoms with Crippen LogP contribution in [0.15, 0.2) is 24.3 Å². The molecule has 0 aliphatic carbocycles. The number of benzene rings is 1. The second kappa shape index (κ2) is 3.77. The van der Waals surface area contributed by atoms with Crippen LogP contribution in [0.5, 0.6) is 5.75 Å². The smallest absolute Gasteiger partial charge is 0.123 e. The summed E-state index contributed by atoms with van der Waals surface area (Å²) >= 11 is 0. The summed E-state index contributed by atoms with van der Waals surface area (Å²) < 4.78 is 5.12. The maximum absolute atomic E-state index is 8.70. The molecule has 0 aromatic heterocycles. The first-order valence-corrected chi connectivity index (χ1v) is 3.82. The Morgan fingerprint density at radius 1 is 1.42 bits per heavy atom. The van der Waals surface area contributed by atoms with Crippen LogP contribution in [0, 0.1) is 11.3 Å². The summed E-state index contributed by atoms with van der Waals surface area (Å²) in [7, 11) is 1.61. The highest BCUT2D eigenvalue weighted by atomic mass is 16.5. The van der Waals surface area contributed by atoms with Gasteiger partial charge in [-0.05, 0) is 13.0 Å². The third-order valence-corrected chi connectivity index (χ3v) is 1.80. The Balaban J connectivity index is 3.06. The van der Waals surface area contributed by atoms with Crippen LogP contribution >= 0.6 is 0 Å². The molecular formula is C10H11NO. The number of ether oxygens (including phenoxy) is 1. The second-order valence-electron chi connectivity index (χ2n) is 2.59. The van der Waals surface area contributed by atoms with E-state index in [-0.39, 0.29) is 5.92 Å². The summed E-state index contributed by atoms with van der Waals surface area (Å²) in [5, 5.41) is 8.70. The molecule has 1 atom stereocenters. The average Bonchev–Trinajstić information content (AvgIpc) is 2.16. The third kappa shape index (κ3) is 1.57. The molecule has 0 fully saturated rings. The van der Waals surface area contributed by atoms with Crippen molar-refractivity contribution < 1.29 is 4.74 Å². The molecule has 0 amide bonds. The summed E-state index contributed by atoms with van der Waals surface area (Å²) in [5.74, 6) is 0.674. The molecule has 62 valence electrons. The normalized spacial score (nSPS) is 11.8. The second-order valence-corrected chi connectivity index (χ2v) is 2.59. The molecule has 0 bridgehead atoms. The topological polar surface area (TPSA) is 33.0 Å². The Hall–Kier alpha value is -1.49. The highest BCUT2D eigenvalue weighted by Gasteiger charge is 2.08. The molecule has 0 spiro atoms. The molecule has 0 aliphatic heterocycles. The summed E-state index contributed by atoms with van der Waals surface area (Å²) in [6.45, 7) is 1.86. The summed E-state index contributed by atoms with van der Waals surface area (Å²) in [6.07, 6.45) is 0. The van der Waals surface area contributed by atoms with Crippen molar-refractivity contribution in [3.8, 4) is 11.8 Å². The van der Waals surface area contributed by atoms with Crippen LogP contribution in [0.3, 0.4) is 0 Å². The van der Waals surface area contributed by atoms with Crippen LogP contribution < -0.4 is 4.74 Å². The largest absolute Gasteiger partial charge is 0.496 e. The van der Waals surface area contributed by atoms with Crippen LogP contribution in [0.4, 0.5) is 0 Å². The zero-order valence-corrected chi connectivity index (χ0v) is 7.24. The van der Waals surface area contributed by atoms with Gasteiger partial charge in [0, 0.05) is 5.56 Å². The van der Waals surface area contributed by atoms with Crippen molar-refractivity contribution in [1.82, 2.24) is 0 Å². The lowest BCUT2D eigenvalue weighted by Crippen LogP contribution is -1.94. The molecule has 0 saturated carbocycles. The highest BCUT2D eigenvalue weighted by Crippen LogP contribution is 2.24. The third-order valence-electron chi connectivity index (χ3n) is 1.80. The van der Waals surface area contributed by atoms with Gasteiger partial charge in [-0.15, -0.1) is 0 Å². The molecule has 12 heavy (non-hydrogen) atoms. The van der Waals surface area contributed by atoms with Gasteiger partial charge in [-0.25, -0.2) is 0 Å². The van der Waals surface area contributed by atoms with Gasteiger partial charge in [0.15, 0.2) is 0 Å². The standard InChI is InChI=1S/C10H11NO/c1-8(7-11)9-5-3-4-6-10(9)12-2/h3-6,8H,1-2H3. The van der Waals surface area contributed by atoms with E-state index in [1.807, 2.05) is 31.2 Å². The average molecular weight is 161 g/mol. The monoisotopic (exact) mass is 161 g/mol. The first kappa shape index (κ1) is 8.61. The van der Waals surface area contributed by atoms with Gasteiger partial charge in [0.1, 0.15) is 5.75 Å². The number of rotatable bonds is 2. The number of nitrogens with zero attached hydrogens (tertiary/aromatic N) is 1. The van der Waals surface area contributed by atoms with Crippen molar-refractivity contribution in [2.45, 2.75) is 12.8 Å². The SMILES string of the molecule is COc1ccccc1C(C)C#N. The molecule has 0 radical (unpaired) electrons. The molecule has 0 heterocycles. The molecule has 2 nitrogen and oxygen atoms in total. The Kier molecular flexibility index (Phi) is 2.71. The van der Waals surface area contributed by atoms with E-state index in [4.69, 9.17) is 10.00 Å². The number of nitriles is 1. The van der Waals surface area contributed by atoms with Gasteiger partial charge < -0.3 is 4.74 Å². The van der Waals surface area contributed by atoms with E-state index in [1.165, 1.54) is 0 Å². The minimum absolute atomic E-state index is 0.110. The lowest BCUT2D eigenvalue weighted by molar-refractivity contribution is 0.409. The number of para-hydroxylation sites is 1. The molecule has 2 heteroatoms. The van der Waals surface area contributed by atoms with Crippen molar-refractivity contribution in [3.05, 3.63) is 29.8 Å². The molecule has 1 aromatic carbocycles. The van der Waals surface area contributed by atoms with Gasteiger partial charge in [0.05, 0.1) is 19.1 Å². The van der Waals surface area contributed by atoms with Crippen LogP contribution in [0.2, 0.25) is 0 Å². The van der Waals surface area contributed by atoms with E-state index >= 15 is 0 Å². The molecule has 1 unspecified atom stereocenters. The molecule has 1 aromatic rings. The Labute approximate surface area is 72.4 Å². The van der Waals surface area contributed by atoms with Crippen molar-refractivity contribution in [1.29, 1.82) is 5.26 Å². The van der Waals surface area contributed by atoms with Gasteiger partial charge in [-0.1, -0.05) is 18.2 Å². The molecular weight excluding hydrogens is 150 g/mol. The van der Waals surface area contributed by atoms with Gasteiger partial charge in [0.2, 0.25) is 0 Å². The molecule has 0 saturated heterocycles. The predicted octanol–water partition coefficient (Wildman–Crippen LogP) is 2.32. The number of hydrogen-bond acceptors (Lipinski definition) is 2. The number of methoxy groups -OCH3 is 1. The lowest BCUT2D eigenvalue weighted by atomic mass is 10.0. The van der Waals surface area contributed by atoms with Crippen molar-refractivity contribution in [3.63, 3.8) is 0 Å². The van der Waals surface area contributed by atoms with Crippen molar-refractivity contribution in [2.75, 3.05) is 7.11 Å². The summed E-state index contributed by atoms with van der Waals surface area (Å²) in [5.41, 5.74) is 0.947. The molecule has 1 rings (SSSR count). The van der Waals surface area contributed by atoms with E-state index in [9.17, 15) is 0 Å². The minimum atomic E-state index is -0.110. The zero-order chi connectivity index (χ0) is 8.97. The van der Waals surface area contributed by atoms with E-state index in [2.05, 4.69) is 6.07 Å². The van der Waals surface area contributed by atoms with Crippen molar-refractivity contribution in [2.24, 2.45) is 0 Å². The first-order chi connectivity index (χ1) is 5.79. The summed E-state index contributed by atoms with van der Waals surface area (Å²) in [6, 6.07) is 9.75. The van der Waals surface area contributed by atoms with E-state index in [0.29, 0.717) is 0 Å². The van der Waals surface area contributed by atoms with Gasteiger partial charge in [0.25, 0.3) is 0 Å². The Morgan fingerprint density at radius 2 is 2.08 bits per heavy atom. The highest BCUT2D eigenvalue weighted by molar-refractivity contribution is 5.38. The fraction of sp³-hybridized carbons (Fsp3) is 0.300. The summed E-state index contributed by atoms with van der Waals surface area (Å²) in [4.78, 5) is 0. The first-order valence-electron chi connectivity index (χ1n) is 3.82. The molecule has 0 N–H and O–H groups in total. The van der Waals surface area contributed by atoms with Crippen LogP contribution in [0.1, 0.15) is 18.4 Å². The van der Waals surface area contributed by atoms with Gasteiger partial charge >= 0.3 is 0 Å². The maximum atomic E-state index is 8.70. The number of hydrogen-bond donors (Lipinski definition) is 0. The van der Waals surface area contributed by atoms with E-state index in [0.717, 1.165) is 11.3 Å². The zero-order valence-electron chi connectivity index (χ0n) is 7.24. The Morgan fingerprint density at radius 3 is 2.67 bits per heavy atom. The Bertz CT molecular complexity index is 301. The van der Waals surface area contributed by atoms with Gasteiger partial charge in [-0.2, -0.15) is 5.26 Å². The van der Waals surface area contributed by atoms with Gasteiger partial charge in [-0.3, -0.25) is 0 Å². The minimum Gasteiger partial charge on any atom is -0.496 e. The molecule has 0 aliphatic rings. The quantitative estimate of drug-likeness (QED) is 0.666. The fourth-order valence-electron chi connectivity index (χ4n) is 1.09. The fourth-order valence-corrected chi connectivity index (χ4v) is 1.09. The predicted molar refractivity (Wildman–Crippen MR) is 47.0 cm³/mol.